The third-order valence-corrected chi connectivity index (χ3v) is 3.03. The zero-order valence-electron chi connectivity index (χ0n) is 9.39. The van der Waals surface area contributed by atoms with Gasteiger partial charge in [0.15, 0.2) is 0 Å². The minimum atomic E-state index is -0.638. The van der Waals surface area contributed by atoms with Crippen LogP contribution in [0.2, 0.25) is 0 Å². The van der Waals surface area contributed by atoms with Crippen LogP contribution < -0.4 is 4.74 Å². The van der Waals surface area contributed by atoms with E-state index in [1.165, 1.54) is 25.0 Å². The molecule has 4 nitrogen and oxygen atoms in total. The number of halogens is 1. The molecule has 2 rings (SSSR count). The van der Waals surface area contributed by atoms with Crippen molar-refractivity contribution >= 4 is 5.69 Å². The summed E-state index contributed by atoms with van der Waals surface area (Å²) in [5.41, 5.74) is -0.272. The van der Waals surface area contributed by atoms with Gasteiger partial charge in [-0.3, -0.25) is 10.1 Å². The van der Waals surface area contributed by atoms with Crippen LogP contribution in [0.25, 0.3) is 0 Å². The Labute approximate surface area is 98.5 Å². The van der Waals surface area contributed by atoms with E-state index in [0.717, 1.165) is 18.9 Å². The molecule has 1 fully saturated rings. The van der Waals surface area contributed by atoms with Gasteiger partial charge in [-0.05, 0) is 18.8 Å². The lowest BCUT2D eigenvalue weighted by molar-refractivity contribution is -0.385. The van der Waals surface area contributed by atoms with Crippen molar-refractivity contribution in [1.29, 1.82) is 0 Å². The molecular formula is C12H14FNO3. The molecule has 0 atom stereocenters. The van der Waals surface area contributed by atoms with Crippen LogP contribution in [0.5, 0.6) is 5.75 Å². The van der Waals surface area contributed by atoms with E-state index in [-0.39, 0.29) is 11.4 Å². The van der Waals surface area contributed by atoms with Gasteiger partial charge in [0, 0.05) is 6.07 Å². The van der Waals surface area contributed by atoms with Crippen molar-refractivity contribution in [1.82, 2.24) is 0 Å². The van der Waals surface area contributed by atoms with Crippen molar-refractivity contribution in [2.45, 2.75) is 25.7 Å². The summed E-state index contributed by atoms with van der Waals surface area (Å²) in [6.07, 6.45) is 4.66. The first-order chi connectivity index (χ1) is 8.15. The number of ether oxygens (including phenoxy) is 1. The molecular weight excluding hydrogens is 225 g/mol. The van der Waals surface area contributed by atoms with Crippen LogP contribution in [0.3, 0.4) is 0 Å². The standard InChI is InChI=1S/C12H14FNO3/c13-10-5-11(14(15)16)7-12(6-10)17-8-9-3-1-2-4-9/h5-7,9H,1-4,8H2. The molecule has 1 saturated carbocycles. The van der Waals surface area contributed by atoms with E-state index in [2.05, 4.69) is 0 Å². The maximum atomic E-state index is 13.1. The second-order valence-corrected chi connectivity index (χ2v) is 4.36. The van der Waals surface area contributed by atoms with Crippen molar-refractivity contribution < 1.29 is 14.1 Å². The van der Waals surface area contributed by atoms with Crippen molar-refractivity contribution in [3.63, 3.8) is 0 Å². The predicted molar refractivity (Wildman–Crippen MR) is 60.5 cm³/mol. The SMILES string of the molecule is O=[N+]([O-])c1cc(F)cc(OCC2CCCC2)c1. The summed E-state index contributed by atoms with van der Waals surface area (Å²) in [7, 11) is 0. The number of non-ortho nitro benzene ring substituents is 1. The van der Waals surface area contributed by atoms with Crippen LogP contribution >= 0.6 is 0 Å². The Kier molecular flexibility index (Phi) is 3.56. The summed E-state index contributed by atoms with van der Waals surface area (Å²) >= 11 is 0. The van der Waals surface area contributed by atoms with Gasteiger partial charge >= 0.3 is 0 Å². The summed E-state index contributed by atoms with van der Waals surface area (Å²) in [4.78, 5) is 9.93. The molecule has 17 heavy (non-hydrogen) atoms. The Balaban J connectivity index is 2.01. The highest BCUT2D eigenvalue weighted by Gasteiger charge is 2.16. The van der Waals surface area contributed by atoms with Crippen molar-refractivity contribution in [3.05, 3.63) is 34.1 Å². The van der Waals surface area contributed by atoms with Crippen LogP contribution in [0.1, 0.15) is 25.7 Å². The highest BCUT2D eigenvalue weighted by atomic mass is 19.1. The Hall–Kier alpha value is -1.65. The van der Waals surface area contributed by atoms with E-state index in [4.69, 9.17) is 4.74 Å². The van der Waals surface area contributed by atoms with E-state index in [1.807, 2.05) is 0 Å². The van der Waals surface area contributed by atoms with Crippen LogP contribution in [0, 0.1) is 21.8 Å². The maximum absolute atomic E-state index is 13.1. The number of nitro groups is 1. The van der Waals surface area contributed by atoms with Crippen LogP contribution in [0.4, 0.5) is 10.1 Å². The van der Waals surface area contributed by atoms with E-state index in [0.29, 0.717) is 12.5 Å². The van der Waals surface area contributed by atoms with Gasteiger partial charge in [0.25, 0.3) is 5.69 Å². The minimum absolute atomic E-state index is 0.239. The predicted octanol–water partition coefficient (Wildman–Crippen LogP) is 3.30. The molecule has 0 bridgehead atoms. The molecule has 1 aliphatic rings. The van der Waals surface area contributed by atoms with Crippen molar-refractivity contribution in [2.24, 2.45) is 5.92 Å². The molecule has 0 radical (unpaired) electrons. The molecule has 0 heterocycles. The van der Waals surface area contributed by atoms with Gasteiger partial charge in [-0.25, -0.2) is 4.39 Å². The highest BCUT2D eigenvalue weighted by molar-refractivity contribution is 5.38. The van der Waals surface area contributed by atoms with Crippen LogP contribution in [-0.2, 0) is 0 Å². The van der Waals surface area contributed by atoms with Gasteiger partial charge in [0.1, 0.15) is 11.6 Å². The fourth-order valence-electron chi connectivity index (χ4n) is 2.13. The van der Waals surface area contributed by atoms with E-state index in [9.17, 15) is 14.5 Å². The zero-order chi connectivity index (χ0) is 12.3. The third kappa shape index (κ3) is 3.15. The molecule has 0 unspecified atom stereocenters. The number of hydrogen-bond acceptors (Lipinski definition) is 3. The third-order valence-electron chi connectivity index (χ3n) is 3.03. The quantitative estimate of drug-likeness (QED) is 0.598. The fourth-order valence-corrected chi connectivity index (χ4v) is 2.13. The summed E-state index contributed by atoms with van der Waals surface area (Å²) in [5, 5.41) is 10.5. The summed E-state index contributed by atoms with van der Waals surface area (Å²) in [6, 6.07) is 3.34. The number of rotatable bonds is 4. The summed E-state index contributed by atoms with van der Waals surface area (Å²) in [5.74, 6) is 0.0987. The Morgan fingerprint density at radius 1 is 1.35 bits per heavy atom. The Bertz CT molecular complexity index is 416. The molecule has 5 heteroatoms. The smallest absolute Gasteiger partial charge is 0.276 e. The van der Waals surface area contributed by atoms with Gasteiger partial charge in [-0.2, -0.15) is 0 Å². The summed E-state index contributed by atoms with van der Waals surface area (Å²) in [6.45, 7) is 0.514. The largest absolute Gasteiger partial charge is 0.493 e. The monoisotopic (exact) mass is 239 g/mol. The topological polar surface area (TPSA) is 52.4 Å². The second-order valence-electron chi connectivity index (χ2n) is 4.36. The fraction of sp³-hybridized carbons (Fsp3) is 0.500. The zero-order valence-corrected chi connectivity index (χ0v) is 9.39. The molecule has 0 aromatic heterocycles. The molecule has 0 aliphatic heterocycles. The first-order valence-corrected chi connectivity index (χ1v) is 5.73. The highest BCUT2D eigenvalue weighted by Crippen LogP contribution is 2.27. The normalized spacial score (nSPS) is 16.1. The first kappa shape index (κ1) is 11.8. The lowest BCUT2D eigenvalue weighted by atomic mass is 10.1. The number of nitro benzene ring substituents is 1. The lowest BCUT2D eigenvalue weighted by Gasteiger charge is -2.11. The second kappa shape index (κ2) is 5.12. The van der Waals surface area contributed by atoms with Gasteiger partial charge in [-0.15, -0.1) is 0 Å². The molecule has 92 valence electrons. The Morgan fingerprint density at radius 2 is 2.06 bits per heavy atom. The molecule has 0 amide bonds. The van der Waals surface area contributed by atoms with Gasteiger partial charge in [-0.1, -0.05) is 12.8 Å². The van der Waals surface area contributed by atoms with Crippen molar-refractivity contribution in [2.75, 3.05) is 6.61 Å². The number of benzene rings is 1. The van der Waals surface area contributed by atoms with E-state index in [1.54, 1.807) is 0 Å². The molecule has 0 N–H and O–H groups in total. The first-order valence-electron chi connectivity index (χ1n) is 5.73. The molecule has 0 spiro atoms. The average Bonchev–Trinajstić information content (AvgIpc) is 2.78. The molecule has 1 aliphatic carbocycles. The average molecular weight is 239 g/mol. The Morgan fingerprint density at radius 3 is 2.71 bits per heavy atom. The van der Waals surface area contributed by atoms with Crippen LogP contribution in [0.15, 0.2) is 18.2 Å². The van der Waals surface area contributed by atoms with Gasteiger partial charge in [0.2, 0.25) is 0 Å². The van der Waals surface area contributed by atoms with Gasteiger partial charge < -0.3 is 4.74 Å². The molecule has 1 aromatic carbocycles. The van der Waals surface area contributed by atoms with E-state index < -0.39 is 10.7 Å². The number of hydrogen-bond donors (Lipinski definition) is 0. The van der Waals surface area contributed by atoms with E-state index >= 15 is 0 Å². The maximum Gasteiger partial charge on any atom is 0.276 e. The van der Waals surface area contributed by atoms with Gasteiger partial charge in [0.05, 0.1) is 23.7 Å². The summed E-state index contributed by atoms with van der Waals surface area (Å²) < 4.78 is 18.5. The lowest BCUT2D eigenvalue weighted by Crippen LogP contribution is -2.08. The molecule has 1 aromatic rings. The number of nitrogens with zero attached hydrogens (tertiary/aromatic N) is 1. The van der Waals surface area contributed by atoms with Crippen LogP contribution in [-0.4, -0.2) is 11.5 Å². The molecule has 0 saturated heterocycles. The minimum Gasteiger partial charge on any atom is -0.493 e. The van der Waals surface area contributed by atoms with Crippen molar-refractivity contribution in [3.8, 4) is 5.75 Å².